The Morgan fingerprint density at radius 1 is 1.03 bits per heavy atom. The van der Waals surface area contributed by atoms with Gasteiger partial charge in [-0.25, -0.2) is 4.79 Å². The van der Waals surface area contributed by atoms with Crippen molar-refractivity contribution in [3.63, 3.8) is 0 Å². The Labute approximate surface area is 188 Å². The second kappa shape index (κ2) is 7.84. The average molecular weight is 470 g/mol. The van der Waals surface area contributed by atoms with Crippen LogP contribution < -0.4 is 15.0 Å². The zero-order chi connectivity index (χ0) is 21.5. The molecule has 2 aromatic rings. The van der Waals surface area contributed by atoms with Crippen molar-refractivity contribution in [3.05, 3.63) is 57.5 Å². The number of anilines is 1. The van der Waals surface area contributed by atoms with Crippen molar-refractivity contribution in [1.82, 2.24) is 5.32 Å². The summed E-state index contributed by atoms with van der Waals surface area (Å²) in [7, 11) is 0. The molecular formula is C21H19Cl3N2O4. The van der Waals surface area contributed by atoms with E-state index >= 15 is 0 Å². The van der Waals surface area contributed by atoms with Gasteiger partial charge in [-0.3, -0.25) is 9.69 Å². The molecule has 0 aromatic heterocycles. The Morgan fingerprint density at radius 2 is 1.70 bits per heavy atom. The standard InChI is InChI=1S/C21H19Cl3N2O4/c22-13-1-3-14(4-2-13)26(19(28)29)12-20-9-21(10-20,11-20)25-18(27)8-30-15-5-6-16(23)17(24)7-15/h1-7H,8-12H2,(H,25,27)(H,28,29). The lowest BCUT2D eigenvalue weighted by Crippen LogP contribution is -2.77. The van der Waals surface area contributed by atoms with Crippen molar-refractivity contribution >= 4 is 52.5 Å². The number of rotatable bonds is 7. The van der Waals surface area contributed by atoms with E-state index in [1.54, 1.807) is 42.5 Å². The van der Waals surface area contributed by atoms with E-state index in [2.05, 4.69) is 5.32 Å². The van der Waals surface area contributed by atoms with Gasteiger partial charge in [-0.2, -0.15) is 0 Å². The van der Waals surface area contributed by atoms with Gasteiger partial charge in [0.1, 0.15) is 5.75 Å². The smallest absolute Gasteiger partial charge is 0.411 e. The Kier molecular flexibility index (Phi) is 5.51. The van der Waals surface area contributed by atoms with Gasteiger partial charge < -0.3 is 15.2 Å². The third-order valence-corrected chi connectivity index (χ3v) is 6.66. The lowest BCUT2D eigenvalue weighted by molar-refractivity contribution is -0.161. The summed E-state index contributed by atoms with van der Waals surface area (Å²) in [4.78, 5) is 25.4. The van der Waals surface area contributed by atoms with Gasteiger partial charge in [0.25, 0.3) is 5.91 Å². The molecule has 3 aliphatic carbocycles. The second-order valence-corrected chi connectivity index (χ2v) is 9.32. The fourth-order valence-electron chi connectivity index (χ4n) is 4.57. The normalized spacial score (nSPS) is 23.7. The molecule has 0 unspecified atom stereocenters. The molecule has 5 rings (SSSR count). The van der Waals surface area contributed by atoms with E-state index in [1.807, 2.05) is 0 Å². The molecule has 6 nitrogen and oxygen atoms in total. The maximum absolute atomic E-state index is 12.3. The Morgan fingerprint density at radius 3 is 2.30 bits per heavy atom. The summed E-state index contributed by atoms with van der Waals surface area (Å²) in [6.07, 6.45) is 1.23. The predicted octanol–water partition coefficient (Wildman–Crippen LogP) is 5.25. The minimum absolute atomic E-state index is 0.101. The fraction of sp³-hybridized carbons (Fsp3) is 0.333. The number of benzene rings is 2. The molecule has 2 N–H and O–H groups in total. The summed E-state index contributed by atoms with van der Waals surface area (Å²) in [6.45, 7) is 0.264. The number of amides is 2. The lowest BCUT2D eigenvalue weighted by Gasteiger charge is -2.71. The highest BCUT2D eigenvalue weighted by Gasteiger charge is 2.68. The summed E-state index contributed by atoms with van der Waals surface area (Å²) in [5.74, 6) is 0.246. The molecule has 0 saturated heterocycles. The van der Waals surface area contributed by atoms with E-state index in [0.717, 1.165) is 19.3 Å². The van der Waals surface area contributed by atoms with Gasteiger partial charge in [-0.1, -0.05) is 34.8 Å². The molecule has 0 atom stereocenters. The highest BCUT2D eigenvalue weighted by Crippen LogP contribution is 2.67. The molecule has 9 heteroatoms. The van der Waals surface area contributed by atoms with Crippen LogP contribution in [-0.2, 0) is 4.79 Å². The summed E-state index contributed by atoms with van der Waals surface area (Å²) < 4.78 is 5.47. The first-order valence-corrected chi connectivity index (χ1v) is 10.5. The molecule has 3 saturated carbocycles. The molecule has 0 spiro atoms. The summed E-state index contributed by atoms with van der Waals surface area (Å²) in [5.41, 5.74) is 0.225. The number of carbonyl (C=O) groups is 2. The topological polar surface area (TPSA) is 78.9 Å². The third-order valence-electron chi connectivity index (χ3n) is 5.67. The molecule has 2 aromatic carbocycles. The van der Waals surface area contributed by atoms with Gasteiger partial charge in [0, 0.05) is 28.9 Å². The minimum atomic E-state index is -1.00. The molecule has 0 aliphatic heterocycles. The van der Waals surface area contributed by atoms with Crippen molar-refractivity contribution in [2.24, 2.45) is 5.41 Å². The number of nitrogens with one attached hydrogen (secondary N) is 1. The number of nitrogens with zero attached hydrogens (tertiary/aromatic N) is 1. The van der Waals surface area contributed by atoms with E-state index in [-0.39, 0.29) is 23.5 Å². The van der Waals surface area contributed by atoms with Crippen LogP contribution in [0.1, 0.15) is 19.3 Å². The number of halogens is 3. The summed E-state index contributed by atoms with van der Waals surface area (Å²) in [6, 6.07) is 11.5. The van der Waals surface area contributed by atoms with Crippen LogP contribution in [0.4, 0.5) is 10.5 Å². The van der Waals surface area contributed by atoms with Gasteiger partial charge in [0.2, 0.25) is 0 Å². The van der Waals surface area contributed by atoms with Crippen molar-refractivity contribution in [3.8, 4) is 5.75 Å². The van der Waals surface area contributed by atoms with Crippen LogP contribution in [0, 0.1) is 5.41 Å². The first-order valence-electron chi connectivity index (χ1n) is 9.34. The van der Waals surface area contributed by atoms with Gasteiger partial charge >= 0.3 is 6.09 Å². The van der Waals surface area contributed by atoms with Crippen molar-refractivity contribution in [2.45, 2.75) is 24.8 Å². The quantitative estimate of drug-likeness (QED) is 0.580. The van der Waals surface area contributed by atoms with Gasteiger partial charge in [0.05, 0.1) is 10.0 Å². The number of hydrogen-bond acceptors (Lipinski definition) is 3. The van der Waals surface area contributed by atoms with Gasteiger partial charge in [-0.15, -0.1) is 0 Å². The van der Waals surface area contributed by atoms with Crippen molar-refractivity contribution in [2.75, 3.05) is 18.1 Å². The molecule has 0 heterocycles. The van der Waals surface area contributed by atoms with E-state index in [4.69, 9.17) is 39.5 Å². The summed E-state index contributed by atoms with van der Waals surface area (Å²) in [5, 5.41) is 14.0. The highest BCUT2D eigenvalue weighted by molar-refractivity contribution is 6.42. The molecule has 3 aliphatic rings. The maximum Gasteiger partial charge on any atom is 0.411 e. The first kappa shape index (κ1) is 21.1. The molecule has 2 bridgehead atoms. The first-order chi connectivity index (χ1) is 14.2. The summed E-state index contributed by atoms with van der Waals surface area (Å²) >= 11 is 17.7. The van der Waals surface area contributed by atoms with E-state index < -0.39 is 6.09 Å². The highest BCUT2D eigenvalue weighted by atomic mass is 35.5. The molecule has 2 amide bonds. The molecule has 3 fully saturated rings. The zero-order valence-electron chi connectivity index (χ0n) is 15.8. The van der Waals surface area contributed by atoms with Crippen LogP contribution in [0.25, 0.3) is 0 Å². The molecule has 30 heavy (non-hydrogen) atoms. The van der Waals surface area contributed by atoms with E-state index in [1.165, 1.54) is 4.90 Å². The predicted molar refractivity (Wildman–Crippen MR) is 116 cm³/mol. The van der Waals surface area contributed by atoms with E-state index in [9.17, 15) is 14.7 Å². The Balaban J connectivity index is 1.28. The maximum atomic E-state index is 12.3. The molecule has 0 radical (unpaired) electrons. The van der Waals surface area contributed by atoms with Gasteiger partial charge in [0.15, 0.2) is 6.61 Å². The van der Waals surface area contributed by atoms with Crippen molar-refractivity contribution in [1.29, 1.82) is 0 Å². The van der Waals surface area contributed by atoms with Crippen molar-refractivity contribution < 1.29 is 19.4 Å². The van der Waals surface area contributed by atoms with Crippen LogP contribution in [0.15, 0.2) is 42.5 Å². The fourth-order valence-corrected chi connectivity index (χ4v) is 4.99. The average Bonchev–Trinajstić information content (AvgIpc) is 2.64. The van der Waals surface area contributed by atoms with Crippen LogP contribution in [0.3, 0.4) is 0 Å². The van der Waals surface area contributed by atoms with Crippen LogP contribution in [0.2, 0.25) is 15.1 Å². The largest absolute Gasteiger partial charge is 0.484 e. The number of hydrogen-bond donors (Lipinski definition) is 2. The minimum Gasteiger partial charge on any atom is -0.484 e. The van der Waals surface area contributed by atoms with E-state index in [0.29, 0.717) is 33.0 Å². The van der Waals surface area contributed by atoms with Crippen LogP contribution in [0.5, 0.6) is 5.75 Å². The number of ether oxygens (including phenoxy) is 1. The van der Waals surface area contributed by atoms with Gasteiger partial charge in [-0.05, 0) is 61.1 Å². The molecule has 158 valence electrons. The Bertz CT molecular complexity index is 976. The molecular weight excluding hydrogens is 451 g/mol. The third kappa shape index (κ3) is 4.17. The SMILES string of the molecule is O=C(COc1ccc(Cl)c(Cl)c1)NC12CC(CN(C(=O)O)c3ccc(Cl)cc3)(C1)C2. The van der Waals surface area contributed by atoms with Crippen LogP contribution in [-0.4, -0.2) is 35.8 Å². The number of carboxylic acid groups (broad SMARTS) is 1. The zero-order valence-corrected chi connectivity index (χ0v) is 18.1. The monoisotopic (exact) mass is 468 g/mol. The second-order valence-electron chi connectivity index (χ2n) is 8.07. The Hall–Kier alpha value is -2.15. The number of carbonyl (C=O) groups excluding carboxylic acids is 1. The lowest BCUT2D eigenvalue weighted by atomic mass is 9.39. The van der Waals surface area contributed by atoms with Crippen LogP contribution >= 0.6 is 34.8 Å².